The number of carboxylic acid groups (broad SMARTS) is 1. The second-order valence-corrected chi connectivity index (χ2v) is 6.30. The van der Waals surface area contributed by atoms with Crippen LogP contribution in [0.4, 0.5) is 0 Å². The first-order valence-corrected chi connectivity index (χ1v) is 8.06. The third kappa shape index (κ3) is 3.32. The quantitative estimate of drug-likeness (QED) is 0.879. The molecule has 0 saturated heterocycles. The summed E-state index contributed by atoms with van der Waals surface area (Å²) in [6, 6.07) is 9.35. The van der Waals surface area contributed by atoms with Gasteiger partial charge in [0.25, 0.3) is 5.91 Å². The molecule has 24 heavy (non-hydrogen) atoms. The van der Waals surface area contributed by atoms with Gasteiger partial charge in [0.2, 0.25) is 5.89 Å². The maximum Gasteiger partial charge on any atom is 0.305 e. The summed E-state index contributed by atoms with van der Waals surface area (Å²) < 4.78 is 5.61. The number of rotatable bonds is 5. The molecule has 0 atom stereocenters. The number of aromatic nitrogens is 1. The van der Waals surface area contributed by atoms with Gasteiger partial charge in [-0.05, 0) is 31.9 Å². The fourth-order valence-corrected chi connectivity index (χ4v) is 3.30. The molecule has 0 radical (unpaired) electrons. The Labute approximate surface area is 139 Å². The predicted octanol–water partition coefficient (Wildman–Crippen LogP) is 3.17. The van der Waals surface area contributed by atoms with Gasteiger partial charge in [0.05, 0.1) is 12.0 Å². The molecule has 1 fully saturated rings. The van der Waals surface area contributed by atoms with Gasteiger partial charge < -0.3 is 14.8 Å². The van der Waals surface area contributed by atoms with Gasteiger partial charge in [0.15, 0.2) is 5.69 Å². The van der Waals surface area contributed by atoms with Crippen molar-refractivity contribution in [1.82, 2.24) is 10.3 Å². The van der Waals surface area contributed by atoms with Crippen molar-refractivity contribution in [3.63, 3.8) is 0 Å². The fraction of sp³-hybridized carbons (Fsp3) is 0.389. The van der Waals surface area contributed by atoms with Crippen molar-refractivity contribution in [2.75, 3.05) is 0 Å². The monoisotopic (exact) mass is 328 g/mol. The summed E-state index contributed by atoms with van der Waals surface area (Å²) in [5.41, 5.74) is 0.326. The van der Waals surface area contributed by atoms with Crippen molar-refractivity contribution in [3.8, 4) is 11.5 Å². The number of oxazole rings is 1. The van der Waals surface area contributed by atoms with E-state index in [-0.39, 0.29) is 18.0 Å². The van der Waals surface area contributed by atoms with Crippen LogP contribution in [-0.4, -0.2) is 27.5 Å². The summed E-state index contributed by atoms with van der Waals surface area (Å²) in [5, 5.41) is 12.0. The Kier molecular flexibility index (Phi) is 4.38. The number of amides is 1. The molecule has 1 saturated carbocycles. The molecule has 2 aromatic rings. The molecule has 1 aliphatic rings. The Morgan fingerprint density at radius 1 is 1.25 bits per heavy atom. The largest absolute Gasteiger partial charge is 0.481 e. The molecule has 0 aliphatic heterocycles. The van der Waals surface area contributed by atoms with E-state index in [1.807, 2.05) is 30.3 Å². The lowest BCUT2D eigenvalue weighted by molar-refractivity contribution is -0.138. The first kappa shape index (κ1) is 16.2. The summed E-state index contributed by atoms with van der Waals surface area (Å²) in [4.78, 5) is 28.1. The maximum atomic E-state index is 12.6. The van der Waals surface area contributed by atoms with E-state index in [0.717, 1.165) is 18.4 Å². The predicted molar refractivity (Wildman–Crippen MR) is 87.6 cm³/mol. The van der Waals surface area contributed by atoms with Gasteiger partial charge in [-0.15, -0.1) is 0 Å². The smallest absolute Gasteiger partial charge is 0.305 e. The Bertz CT molecular complexity index is 746. The van der Waals surface area contributed by atoms with Crippen molar-refractivity contribution in [3.05, 3.63) is 41.8 Å². The van der Waals surface area contributed by atoms with Gasteiger partial charge in [-0.2, -0.15) is 0 Å². The van der Waals surface area contributed by atoms with Crippen LogP contribution >= 0.6 is 0 Å². The second-order valence-electron chi connectivity index (χ2n) is 6.30. The number of nitrogens with zero attached hydrogens (tertiary/aromatic N) is 1. The molecule has 6 heteroatoms. The molecule has 1 aliphatic carbocycles. The zero-order chi connectivity index (χ0) is 17.2. The molecule has 1 aromatic carbocycles. The van der Waals surface area contributed by atoms with Crippen molar-refractivity contribution >= 4 is 11.9 Å². The summed E-state index contributed by atoms with van der Waals surface area (Å²) in [6.45, 7) is 1.69. The second kappa shape index (κ2) is 6.47. The van der Waals surface area contributed by atoms with Crippen LogP contribution in [0.25, 0.3) is 11.5 Å². The average molecular weight is 328 g/mol. The van der Waals surface area contributed by atoms with Gasteiger partial charge >= 0.3 is 5.97 Å². The van der Waals surface area contributed by atoms with Crippen molar-refractivity contribution in [2.24, 2.45) is 0 Å². The molecular weight excluding hydrogens is 308 g/mol. The first-order chi connectivity index (χ1) is 11.5. The normalized spacial score (nSPS) is 16.0. The van der Waals surface area contributed by atoms with Gasteiger partial charge in [-0.3, -0.25) is 9.59 Å². The molecule has 126 valence electrons. The number of carbonyl (C=O) groups excluding carboxylic acids is 1. The number of carboxylic acids is 1. The van der Waals surface area contributed by atoms with Crippen LogP contribution in [-0.2, 0) is 4.79 Å². The number of benzene rings is 1. The lowest BCUT2D eigenvalue weighted by Gasteiger charge is -2.28. The molecule has 1 aromatic heterocycles. The Morgan fingerprint density at radius 2 is 1.92 bits per heavy atom. The standard InChI is InChI=1S/C18H20N2O4/c1-12-15(19-17(24-12)13-7-3-2-4-8-13)16(23)20-18(11-14(21)22)9-5-6-10-18/h2-4,7-8H,5-6,9-11H2,1H3,(H,20,23)(H,21,22). The molecule has 3 rings (SSSR count). The highest BCUT2D eigenvalue weighted by atomic mass is 16.4. The molecular formula is C18H20N2O4. The maximum absolute atomic E-state index is 12.6. The fourth-order valence-electron chi connectivity index (χ4n) is 3.30. The number of nitrogens with one attached hydrogen (secondary N) is 1. The Hall–Kier alpha value is -2.63. The van der Waals surface area contributed by atoms with E-state index in [0.29, 0.717) is 24.5 Å². The Morgan fingerprint density at radius 3 is 2.54 bits per heavy atom. The van der Waals surface area contributed by atoms with E-state index in [1.165, 1.54) is 0 Å². The minimum absolute atomic E-state index is 0.0683. The van der Waals surface area contributed by atoms with Crippen molar-refractivity contribution in [2.45, 2.75) is 44.6 Å². The van der Waals surface area contributed by atoms with Crippen LogP contribution in [0.1, 0.15) is 48.4 Å². The summed E-state index contributed by atoms with van der Waals surface area (Å²) in [5.74, 6) is -0.465. The van der Waals surface area contributed by atoms with Crippen LogP contribution in [0.3, 0.4) is 0 Å². The minimum Gasteiger partial charge on any atom is -0.481 e. The number of hydrogen-bond acceptors (Lipinski definition) is 4. The lowest BCUT2D eigenvalue weighted by Crippen LogP contribution is -2.48. The van der Waals surface area contributed by atoms with Crippen LogP contribution < -0.4 is 5.32 Å². The van der Waals surface area contributed by atoms with Crippen LogP contribution in [0.15, 0.2) is 34.7 Å². The number of aliphatic carboxylic acids is 1. The lowest BCUT2D eigenvalue weighted by atomic mass is 9.93. The van der Waals surface area contributed by atoms with E-state index in [1.54, 1.807) is 6.92 Å². The van der Waals surface area contributed by atoms with Gasteiger partial charge in [-0.1, -0.05) is 31.0 Å². The van der Waals surface area contributed by atoms with Crippen LogP contribution in [0.2, 0.25) is 0 Å². The first-order valence-electron chi connectivity index (χ1n) is 8.06. The van der Waals surface area contributed by atoms with E-state index in [4.69, 9.17) is 9.52 Å². The van der Waals surface area contributed by atoms with Crippen molar-refractivity contribution < 1.29 is 19.1 Å². The number of hydrogen-bond donors (Lipinski definition) is 2. The van der Waals surface area contributed by atoms with Crippen LogP contribution in [0, 0.1) is 6.92 Å². The molecule has 1 amide bonds. The van der Waals surface area contributed by atoms with Gasteiger partial charge in [-0.25, -0.2) is 4.98 Å². The molecule has 0 unspecified atom stereocenters. The summed E-state index contributed by atoms with van der Waals surface area (Å²) in [6.07, 6.45) is 3.11. The summed E-state index contributed by atoms with van der Waals surface area (Å²) in [7, 11) is 0. The van der Waals surface area contributed by atoms with E-state index < -0.39 is 11.5 Å². The van der Waals surface area contributed by atoms with Crippen LogP contribution in [0.5, 0.6) is 0 Å². The van der Waals surface area contributed by atoms with Gasteiger partial charge in [0, 0.05) is 5.56 Å². The molecule has 6 nitrogen and oxygen atoms in total. The zero-order valence-electron chi connectivity index (χ0n) is 13.5. The molecule has 0 bridgehead atoms. The third-order valence-electron chi connectivity index (χ3n) is 4.46. The van der Waals surface area contributed by atoms with E-state index >= 15 is 0 Å². The number of aryl methyl sites for hydroxylation is 1. The highest BCUT2D eigenvalue weighted by Crippen LogP contribution is 2.33. The summed E-state index contributed by atoms with van der Waals surface area (Å²) >= 11 is 0. The van der Waals surface area contributed by atoms with Crippen molar-refractivity contribution in [1.29, 1.82) is 0 Å². The highest BCUT2D eigenvalue weighted by Gasteiger charge is 2.38. The molecule has 2 N–H and O–H groups in total. The SMILES string of the molecule is Cc1oc(-c2ccccc2)nc1C(=O)NC1(CC(=O)O)CCCC1. The topological polar surface area (TPSA) is 92.4 Å². The minimum atomic E-state index is -0.904. The number of carbonyl (C=O) groups is 2. The highest BCUT2D eigenvalue weighted by molar-refractivity contribution is 5.94. The van der Waals surface area contributed by atoms with E-state index in [2.05, 4.69) is 10.3 Å². The average Bonchev–Trinajstić information content (AvgIpc) is 3.14. The third-order valence-corrected chi connectivity index (χ3v) is 4.46. The Balaban J connectivity index is 1.82. The van der Waals surface area contributed by atoms with E-state index in [9.17, 15) is 9.59 Å². The van der Waals surface area contributed by atoms with Gasteiger partial charge in [0.1, 0.15) is 5.76 Å². The molecule has 0 spiro atoms. The molecule has 1 heterocycles. The zero-order valence-corrected chi connectivity index (χ0v) is 13.5.